The van der Waals surface area contributed by atoms with Gasteiger partial charge in [-0.1, -0.05) is 37.3 Å². The van der Waals surface area contributed by atoms with E-state index in [0.29, 0.717) is 29.9 Å². The highest BCUT2D eigenvalue weighted by atomic mass is 32.2. The van der Waals surface area contributed by atoms with Crippen molar-refractivity contribution in [3.05, 3.63) is 89.5 Å². The van der Waals surface area contributed by atoms with E-state index >= 15 is 0 Å². The molecule has 0 aliphatic carbocycles. The van der Waals surface area contributed by atoms with E-state index in [9.17, 15) is 18.3 Å². The Balaban J connectivity index is 1.72. The summed E-state index contributed by atoms with van der Waals surface area (Å²) in [5, 5.41) is 14.6. The molecule has 8 nitrogen and oxygen atoms in total. The Morgan fingerprint density at radius 3 is 2.28 bits per heavy atom. The summed E-state index contributed by atoms with van der Waals surface area (Å²) in [6, 6.07) is 20.4. The number of fused-ring (bicyclic) bond motifs is 1. The van der Waals surface area contributed by atoms with Gasteiger partial charge in [0.05, 0.1) is 22.6 Å². The van der Waals surface area contributed by atoms with Crippen LogP contribution in [0.25, 0.3) is 0 Å². The van der Waals surface area contributed by atoms with E-state index < -0.39 is 27.7 Å². The van der Waals surface area contributed by atoms with Crippen molar-refractivity contribution in [1.82, 2.24) is 9.62 Å². The number of nitrogens with zero attached hydrogens (tertiary/aromatic N) is 2. The molecule has 3 aromatic carbocycles. The van der Waals surface area contributed by atoms with Gasteiger partial charge in [-0.25, -0.2) is 13.1 Å². The van der Waals surface area contributed by atoms with Crippen molar-refractivity contribution in [2.45, 2.75) is 49.8 Å². The predicted octanol–water partition coefficient (Wildman–Crippen LogP) is 4.04. The summed E-state index contributed by atoms with van der Waals surface area (Å²) in [7, 11) is -0.0554. The number of likely N-dealkylation sites (N-methyl/N-ethyl adjacent to an activating group) is 1. The number of para-hydroxylation sites is 1. The standard InChI is InChI=1S/C30H38N4O4S/c1-6-21-12-15-24(16-13-21)39(37,38)32-27-25-20-22(14-17-26(25)31-30(2,3)28(27)35)29(36)34(19-18-33(4)5)23-10-8-7-9-11-23/h7-17,20,27-28,31-32,35H,6,18-19H2,1-5H3/t27-,28+/m1/s1. The maximum Gasteiger partial charge on any atom is 0.258 e. The zero-order chi connectivity index (χ0) is 28.4. The lowest BCUT2D eigenvalue weighted by molar-refractivity contribution is 0.0769. The third kappa shape index (κ3) is 6.33. The fourth-order valence-corrected chi connectivity index (χ4v) is 5.97. The summed E-state index contributed by atoms with van der Waals surface area (Å²) in [5.41, 5.74) is 2.57. The van der Waals surface area contributed by atoms with Crippen LogP contribution < -0.4 is 14.9 Å². The van der Waals surface area contributed by atoms with Crippen molar-refractivity contribution >= 4 is 27.3 Å². The second-order valence-electron chi connectivity index (χ2n) is 10.8. The molecule has 1 aliphatic rings. The molecular weight excluding hydrogens is 512 g/mol. The topological polar surface area (TPSA) is 102 Å². The summed E-state index contributed by atoms with van der Waals surface area (Å²) < 4.78 is 29.5. The molecular formula is C30H38N4O4S. The minimum atomic E-state index is -3.96. The van der Waals surface area contributed by atoms with Crippen LogP contribution in [0.1, 0.15) is 48.3 Å². The van der Waals surface area contributed by atoms with Crippen LogP contribution in [0.4, 0.5) is 11.4 Å². The number of hydrogen-bond donors (Lipinski definition) is 3. The van der Waals surface area contributed by atoms with Gasteiger partial charge < -0.3 is 20.2 Å². The lowest BCUT2D eigenvalue weighted by atomic mass is 9.82. The first kappa shape index (κ1) is 28.8. The molecule has 2 atom stereocenters. The van der Waals surface area contributed by atoms with Crippen molar-refractivity contribution < 1.29 is 18.3 Å². The van der Waals surface area contributed by atoms with Crippen molar-refractivity contribution in [1.29, 1.82) is 0 Å². The fraction of sp³-hybridized carbons (Fsp3) is 0.367. The Morgan fingerprint density at radius 1 is 1.00 bits per heavy atom. The van der Waals surface area contributed by atoms with E-state index in [-0.39, 0.29) is 10.8 Å². The summed E-state index contributed by atoms with van der Waals surface area (Å²) >= 11 is 0. The number of benzene rings is 3. The first-order valence-corrected chi connectivity index (χ1v) is 14.6. The van der Waals surface area contributed by atoms with E-state index in [4.69, 9.17) is 0 Å². The number of aryl methyl sites for hydroxylation is 1. The largest absolute Gasteiger partial charge is 0.389 e. The van der Waals surface area contributed by atoms with Crippen LogP contribution in [0.5, 0.6) is 0 Å². The summed E-state index contributed by atoms with van der Waals surface area (Å²) in [4.78, 5) is 17.7. The average Bonchev–Trinajstić information content (AvgIpc) is 2.91. The molecule has 3 N–H and O–H groups in total. The lowest BCUT2D eigenvalue weighted by Crippen LogP contribution is -2.54. The van der Waals surface area contributed by atoms with Crippen LogP contribution in [0.3, 0.4) is 0 Å². The normalized spacial score (nSPS) is 18.3. The van der Waals surface area contributed by atoms with Crippen LogP contribution in [0.15, 0.2) is 77.7 Å². The highest BCUT2D eigenvalue weighted by Crippen LogP contribution is 2.39. The maximum absolute atomic E-state index is 13.8. The van der Waals surface area contributed by atoms with Crippen LogP contribution in [-0.4, -0.2) is 63.2 Å². The van der Waals surface area contributed by atoms with E-state index in [0.717, 1.165) is 17.7 Å². The van der Waals surface area contributed by atoms with E-state index in [1.165, 1.54) is 0 Å². The lowest BCUT2D eigenvalue weighted by Gasteiger charge is -2.43. The van der Waals surface area contributed by atoms with E-state index in [1.54, 1.807) is 47.4 Å². The van der Waals surface area contributed by atoms with Gasteiger partial charge in [0.1, 0.15) is 0 Å². The minimum Gasteiger partial charge on any atom is -0.389 e. The predicted molar refractivity (Wildman–Crippen MR) is 156 cm³/mol. The molecule has 0 saturated carbocycles. The van der Waals surface area contributed by atoms with Gasteiger partial charge in [-0.3, -0.25) is 4.79 Å². The number of hydrogen-bond acceptors (Lipinski definition) is 6. The van der Waals surface area contributed by atoms with Crippen molar-refractivity contribution in [3.8, 4) is 0 Å². The quantitative estimate of drug-likeness (QED) is 0.372. The molecule has 0 bridgehead atoms. The Labute approximate surface area is 231 Å². The van der Waals surface area contributed by atoms with Crippen LogP contribution in [0.2, 0.25) is 0 Å². The smallest absolute Gasteiger partial charge is 0.258 e. The third-order valence-electron chi connectivity index (χ3n) is 7.15. The molecule has 0 aromatic heterocycles. The molecule has 0 saturated heterocycles. The molecule has 1 aliphatic heterocycles. The number of nitrogens with one attached hydrogen (secondary N) is 2. The molecule has 3 aromatic rings. The Bertz CT molecular complexity index is 1410. The SMILES string of the molecule is CCc1ccc(S(=O)(=O)N[C@@H]2c3cc(C(=O)N(CCN(C)C)c4ccccc4)ccc3NC(C)(C)[C@H]2O)cc1. The summed E-state index contributed by atoms with van der Waals surface area (Å²) in [5.74, 6) is -0.207. The second-order valence-corrected chi connectivity index (χ2v) is 12.5. The van der Waals surface area contributed by atoms with Gasteiger partial charge in [0, 0.05) is 30.0 Å². The highest BCUT2D eigenvalue weighted by molar-refractivity contribution is 7.89. The minimum absolute atomic E-state index is 0.121. The van der Waals surface area contributed by atoms with E-state index in [1.807, 2.05) is 70.1 Å². The van der Waals surface area contributed by atoms with Crippen LogP contribution in [0, 0.1) is 0 Å². The number of rotatable bonds is 9. The van der Waals surface area contributed by atoms with Gasteiger partial charge in [0.15, 0.2) is 0 Å². The summed E-state index contributed by atoms with van der Waals surface area (Å²) in [6.45, 7) is 6.78. The molecule has 4 rings (SSSR count). The number of anilines is 2. The van der Waals surface area contributed by atoms with Crippen LogP contribution >= 0.6 is 0 Å². The third-order valence-corrected chi connectivity index (χ3v) is 8.61. The number of carbonyl (C=O) groups is 1. The van der Waals surface area contributed by atoms with Gasteiger partial charge in [-0.2, -0.15) is 0 Å². The van der Waals surface area contributed by atoms with Gasteiger partial charge in [0.25, 0.3) is 5.91 Å². The highest BCUT2D eigenvalue weighted by Gasteiger charge is 2.43. The molecule has 1 amide bonds. The number of carbonyl (C=O) groups excluding carboxylic acids is 1. The monoisotopic (exact) mass is 550 g/mol. The number of amides is 1. The maximum atomic E-state index is 13.8. The molecule has 1 heterocycles. The Morgan fingerprint density at radius 2 is 1.67 bits per heavy atom. The molecule has 0 radical (unpaired) electrons. The molecule has 208 valence electrons. The Hall–Kier alpha value is -3.24. The molecule has 0 spiro atoms. The molecule has 39 heavy (non-hydrogen) atoms. The van der Waals surface area contributed by atoms with Crippen molar-refractivity contribution in [2.24, 2.45) is 0 Å². The first-order chi connectivity index (χ1) is 18.4. The van der Waals surface area contributed by atoms with Gasteiger partial charge >= 0.3 is 0 Å². The first-order valence-electron chi connectivity index (χ1n) is 13.2. The second kappa shape index (κ2) is 11.5. The van der Waals surface area contributed by atoms with Crippen molar-refractivity contribution in [2.75, 3.05) is 37.4 Å². The number of aliphatic hydroxyl groups is 1. The number of sulfonamides is 1. The molecule has 0 fully saturated rings. The van der Waals surface area contributed by atoms with Gasteiger partial charge in [-0.05, 0) is 88.0 Å². The Kier molecular flexibility index (Phi) is 8.46. The summed E-state index contributed by atoms with van der Waals surface area (Å²) in [6.07, 6.45) is -0.299. The zero-order valence-corrected chi connectivity index (χ0v) is 24.0. The van der Waals surface area contributed by atoms with Crippen LogP contribution in [-0.2, 0) is 16.4 Å². The molecule has 0 unspecified atom stereocenters. The van der Waals surface area contributed by atoms with E-state index in [2.05, 4.69) is 10.0 Å². The van der Waals surface area contributed by atoms with Gasteiger partial charge in [-0.15, -0.1) is 0 Å². The van der Waals surface area contributed by atoms with Gasteiger partial charge in [0.2, 0.25) is 10.0 Å². The van der Waals surface area contributed by atoms with Crippen molar-refractivity contribution in [3.63, 3.8) is 0 Å². The fourth-order valence-electron chi connectivity index (χ4n) is 4.75. The average molecular weight is 551 g/mol. The number of aliphatic hydroxyl groups excluding tert-OH is 1. The molecule has 9 heteroatoms. The zero-order valence-electron chi connectivity index (χ0n) is 23.2.